The zero-order valence-electron chi connectivity index (χ0n) is 14.2. The van der Waals surface area contributed by atoms with Crippen LogP contribution < -0.4 is 5.32 Å². The minimum Gasteiger partial charge on any atom is -0.480 e. The number of nitrogens with zero attached hydrogens (tertiary/aromatic N) is 2. The van der Waals surface area contributed by atoms with Crippen LogP contribution in [0.15, 0.2) is 29.4 Å². The molecule has 26 heavy (non-hydrogen) atoms. The van der Waals surface area contributed by atoms with Gasteiger partial charge in [0.25, 0.3) is 5.91 Å². The van der Waals surface area contributed by atoms with Crippen molar-refractivity contribution < 1.29 is 23.9 Å². The highest BCUT2D eigenvalue weighted by Crippen LogP contribution is 2.33. The van der Waals surface area contributed by atoms with Crippen LogP contribution in [0.4, 0.5) is 4.39 Å². The summed E-state index contributed by atoms with van der Waals surface area (Å²) >= 11 is 0. The number of carbonyl (C=O) groups is 3. The molecule has 0 radical (unpaired) electrons. The van der Waals surface area contributed by atoms with E-state index in [1.54, 1.807) is 12.1 Å². The molecule has 1 saturated carbocycles. The molecule has 0 bridgehead atoms. The number of rotatable bonds is 7. The van der Waals surface area contributed by atoms with Gasteiger partial charge in [0.05, 0.1) is 6.54 Å². The van der Waals surface area contributed by atoms with Gasteiger partial charge < -0.3 is 10.4 Å². The molecule has 1 aromatic rings. The maximum Gasteiger partial charge on any atom is 0.326 e. The van der Waals surface area contributed by atoms with Crippen molar-refractivity contribution in [3.05, 3.63) is 35.6 Å². The number of hydrogen-bond acceptors (Lipinski definition) is 4. The second-order valence-electron chi connectivity index (χ2n) is 6.67. The van der Waals surface area contributed by atoms with Gasteiger partial charge in [-0.2, -0.15) is 5.10 Å². The molecule has 8 heteroatoms. The third kappa shape index (κ3) is 4.65. The first-order valence-corrected chi connectivity index (χ1v) is 8.58. The molecule has 1 unspecified atom stereocenters. The van der Waals surface area contributed by atoms with Crippen LogP contribution in [-0.2, 0) is 20.9 Å². The Labute approximate surface area is 149 Å². The Morgan fingerprint density at radius 3 is 2.58 bits per heavy atom. The van der Waals surface area contributed by atoms with Crippen LogP contribution >= 0.6 is 0 Å². The van der Waals surface area contributed by atoms with E-state index in [-0.39, 0.29) is 36.8 Å². The summed E-state index contributed by atoms with van der Waals surface area (Å²) < 4.78 is 13.0. The van der Waals surface area contributed by atoms with Gasteiger partial charge in [-0.3, -0.25) is 9.59 Å². The van der Waals surface area contributed by atoms with Crippen molar-refractivity contribution in [3.8, 4) is 0 Å². The highest BCUT2D eigenvalue weighted by Gasteiger charge is 2.32. The first kappa shape index (κ1) is 18.0. The van der Waals surface area contributed by atoms with E-state index in [4.69, 9.17) is 0 Å². The quantitative estimate of drug-likeness (QED) is 0.772. The minimum absolute atomic E-state index is 0.119. The average Bonchev–Trinajstić information content (AvgIpc) is 3.42. The van der Waals surface area contributed by atoms with Crippen LogP contribution in [-0.4, -0.2) is 39.7 Å². The number of amides is 2. The molecule has 1 fully saturated rings. The number of hydrogen-bond donors (Lipinski definition) is 2. The smallest absolute Gasteiger partial charge is 0.326 e. The summed E-state index contributed by atoms with van der Waals surface area (Å²) in [4.78, 5) is 35.7. The van der Waals surface area contributed by atoms with Crippen molar-refractivity contribution in [2.45, 2.75) is 44.7 Å². The van der Waals surface area contributed by atoms with Crippen molar-refractivity contribution in [1.29, 1.82) is 0 Å². The van der Waals surface area contributed by atoms with Crippen molar-refractivity contribution in [1.82, 2.24) is 10.3 Å². The lowest BCUT2D eigenvalue weighted by molar-refractivity contribution is -0.141. The van der Waals surface area contributed by atoms with E-state index in [1.165, 1.54) is 17.1 Å². The molecule has 0 saturated heterocycles. The zero-order chi connectivity index (χ0) is 18.7. The van der Waals surface area contributed by atoms with Gasteiger partial charge in [-0.1, -0.05) is 25.0 Å². The second-order valence-corrected chi connectivity index (χ2v) is 6.67. The lowest BCUT2D eigenvalue weighted by atomic mass is 10.1. The summed E-state index contributed by atoms with van der Waals surface area (Å²) in [6.45, 7) is 0.125. The third-order valence-corrected chi connectivity index (χ3v) is 4.48. The Morgan fingerprint density at radius 2 is 1.96 bits per heavy atom. The fourth-order valence-electron chi connectivity index (χ4n) is 2.80. The van der Waals surface area contributed by atoms with E-state index in [2.05, 4.69) is 10.4 Å². The van der Waals surface area contributed by atoms with E-state index in [0.29, 0.717) is 17.9 Å². The first-order valence-electron chi connectivity index (χ1n) is 8.58. The third-order valence-electron chi connectivity index (χ3n) is 4.48. The molecule has 0 aromatic heterocycles. The van der Waals surface area contributed by atoms with Crippen molar-refractivity contribution in [2.75, 3.05) is 0 Å². The highest BCUT2D eigenvalue weighted by molar-refractivity contribution is 6.39. The molecule has 0 spiro atoms. The van der Waals surface area contributed by atoms with Crippen molar-refractivity contribution in [2.24, 2.45) is 11.0 Å². The van der Waals surface area contributed by atoms with E-state index in [1.807, 2.05) is 0 Å². The molecule has 2 aliphatic rings. The number of hydrazone groups is 1. The van der Waals surface area contributed by atoms with E-state index in [0.717, 1.165) is 12.8 Å². The van der Waals surface area contributed by atoms with Crippen LogP contribution in [0, 0.1) is 11.7 Å². The van der Waals surface area contributed by atoms with Gasteiger partial charge >= 0.3 is 5.97 Å². The molecule has 7 nitrogen and oxygen atoms in total. The normalized spacial score (nSPS) is 18.3. The summed E-state index contributed by atoms with van der Waals surface area (Å²) in [6, 6.07) is 4.72. The van der Waals surface area contributed by atoms with E-state index < -0.39 is 17.9 Å². The van der Waals surface area contributed by atoms with Gasteiger partial charge in [0.1, 0.15) is 17.6 Å². The largest absolute Gasteiger partial charge is 0.480 e. The standard InChI is InChI=1S/C18H20FN3O4/c19-13-5-3-12(4-6-13)10-22-16(23)8-7-14(21-22)17(24)20-15(18(25)26)9-11-1-2-11/h3-6,11,15H,1-2,7-10H2,(H,20,24)(H,25,26). The number of carboxylic acid groups (broad SMARTS) is 1. The van der Waals surface area contributed by atoms with Crippen LogP contribution in [0.3, 0.4) is 0 Å². The van der Waals surface area contributed by atoms with Crippen LogP contribution in [0.25, 0.3) is 0 Å². The molecule has 2 N–H and O–H groups in total. The van der Waals surface area contributed by atoms with Gasteiger partial charge in [0.15, 0.2) is 0 Å². The molecular weight excluding hydrogens is 341 g/mol. The van der Waals surface area contributed by atoms with E-state index in [9.17, 15) is 23.9 Å². The van der Waals surface area contributed by atoms with Gasteiger partial charge in [-0.05, 0) is 30.0 Å². The summed E-state index contributed by atoms with van der Waals surface area (Å²) in [6.07, 6.45) is 2.67. The lowest BCUT2D eigenvalue weighted by Crippen LogP contribution is -2.46. The Bertz CT molecular complexity index is 743. The maximum absolute atomic E-state index is 13.0. The Hall–Kier alpha value is -2.77. The highest BCUT2D eigenvalue weighted by atomic mass is 19.1. The molecule has 1 aliphatic heterocycles. The van der Waals surface area contributed by atoms with Gasteiger partial charge in [-0.25, -0.2) is 14.2 Å². The van der Waals surface area contributed by atoms with Crippen LogP contribution in [0.5, 0.6) is 0 Å². The molecule has 1 atom stereocenters. The molecule has 1 heterocycles. The van der Waals surface area contributed by atoms with Crippen LogP contribution in [0.1, 0.15) is 37.7 Å². The summed E-state index contributed by atoms with van der Waals surface area (Å²) in [5, 5.41) is 17.0. The molecular formula is C18H20FN3O4. The molecule has 1 aliphatic carbocycles. The zero-order valence-corrected chi connectivity index (χ0v) is 14.2. The monoisotopic (exact) mass is 361 g/mol. The van der Waals surface area contributed by atoms with Gasteiger partial charge in [0, 0.05) is 12.8 Å². The molecule has 138 valence electrons. The fourth-order valence-corrected chi connectivity index (χ4v) is 2.80. The average molecular weight is 361 g/mol. The predicted molar refractivity (Wildman–Crippen MR) is 90.5 cm³/mol. The van der Waals surface area contributed by atoms with E-state index >= 15 is 0 Å². The SMILES string of the molecule is O=C(NC(CC1CC1)C(=O)O)C1=NN(Cc2ccc(F)cc2)C(=O)CC1. The van der Waals surface area contributed by atoms with Crippen molar-refractivity contribution in [3.63, 3.8) is 0 Å². The molecule has 3 rings (SSSR count). The van der Waals surface area contributed by atoms with Crippen LogP contribution in [0.2, 0.25) is 0 Å². The topological polar surface area (TPSA) is 99.1 Å². The fraction of sp³-hybridized carbons (Fsp3) is 0.444. The van der Waals surface area contributed by atoms with Crippen molar-refractivity contribution >= 4 is 23.5 Å². The number of halogens is 1. The summed E-state index contributed by atoms with van der Waals surface area (Å²) in [7, 11) is 0. The second kappa shape index (κ2) is 7.63. The summed E-state index contributed by atoms with van der Waals surface area (Å²) in [5.41, 5.74) is 0.816. The number of carboxylic acids is 1. The minimum atomic E-state index is -1.07. The Morgan fingerprint density at radius 1 is 1.27 bits per heavy atom. The maximum atomic E-state index is 13.0. The molecule has 2 amide bonds. The first-order chi connectivity index (χ1) is 12.4. The Kier molecular flexibility index (Phi) is 5.29. The Balaban J connectivity index is 1.67. The lowest BCUT2D eigenvalue weighted by Gasteiger charge is -2.24. The molecule has 1 aromatic carbocycles. The predicted octanol–water partition coefficient (Wildman–Crippen LogP) is 1.67. The number of nitrogens with one attached hydrogen (secondary N) is 1. The van der Waals surface area contributed by atoms with Gasteiger partial charge in [-0.15, -0.1) is 0 Å². The number of benzene rings is 1. The van der Waals surface area contributed by atoms with Gasteiger partial charge in [0.2, 0.25) is 5.91 Å². The summed E-state index contributed by atoms with van der Waals surface area (Å²) in [5.74, 6) is -1.90. The number of aliphatic carboxylic acids is 1. The number of carbonyl (C=O) groups excluding carboxylic acids is 2.